The normalized spacial score (nSPS) is 17.1. The Hall–Kier alpha value is 1.08. The fourth-order valence-electron chi connectivity index (χ4n) is 5.24. The van der Waals surface area contributed by atoms with Gasteiger partial charge in [0, 0.05) is 71.3 Å². The van der Waals surface area contributed by atoms with Gasteiger partial charge in [0.2, 0.25) is 11.8 Å². The van der Waals surface area contributed by atoms with Gasteiger partial charge in [0.15, 0.2) is 0 Å². The van der Waals surface area contributed by atoms with E-state index in [4.69, 9.17) is 0 Å². The second kappa shape index (κ2) is 43.7. The van der Waals surface area contributed by atoms with E-state index < -0.39 is 0 Å². The van der Waals surface area contributed by atoms with Crippen molar-refractivity contribution in [2.24, 2.45) is 0 Å². The smallest absolute Gasteiger partial charge is 0.219 e. The van der Waals surface area contributed by atoms with Crippen molar-refractivity contribution in [3.05, 3.63) is 0 Å². The van der Waals surface area contributed by atoms with Crippen LogP contribution in [-0.4, -0.2) is 80.5 Å². The Morgan fingerprint density at radius 2 is 0.944 bits per heavy atom. The van der Waals surface area contributed by atoms with Crippen LogP contribution < -0.4 is 10.6 Å². The largest absolute Gasteiger partial charge is 0.356 e. The molecule has 4 unspecified atom stereocenters. The van der Waals surface area contributed by atoms with E-state index in [9.17, 15) is 19.2 Å². The molecule has 320 valence electrons. The predicted molar refractivity (Wildman–Crippen MR) is 261 cm³/mol. The first-order valence-electron chi connectivity index (χ1n) is 20.6. The Morgan fingerprint density at radius 3 is 1.28 bits per heavy atom. The highest BCUT2D eigenvalue weighted by atomic mass is 33.1. The van der Waals surface area contributed by atoms with Gasteiger partial charge in [-0.25, -0.2) is 0 Å². The number of amides is 2. The fraction of sp³-hybridized carbons (Fsp3) is 0.900. The second-order valence-electron chi connectivity index (χ2n) is 14.1. The van der Waals surface area contributed by atoms with Crippen LogP contribution in [0.5, 0.6) is 0 Å². The van der Waals surface area contributed by atoms with Crippen LogP contribution in [0.1, 0.15) is 169 Å². The molecule has 0 radical (unpaired) electrons. The highest BCUT2D eigenvalue weighted by molar-refractivity contribution is 8.77. The van der Waals surface area contributed by atoms with E-state index in [1.807, 2.05) is 43.2 Å². The first-order valence-corrected chi connectivity index (χ1v) is 27.7. The van der Waals surface area contributed by atoms with Gasteiger partial charge in [0.25, 0.3) is 0 Å². The Balaban J connectivity index is 0. The van der Waals surface area contributed by atoms with Crippen molar-refractivity contribution in [3.8, 4) is 0 Å². The van der Waals surface area contributed by atoms with E-state index in [0.717, 1.165) is 125 Å². The summed E-state index contributed by atoms with van der Waals surface area (Å²) in [4.78, 5) is 43.7. The molecule has 2 aliphatic heterocycles. The zero-order valence-electron chi connectivity index (χ0n) is 34.2. The molecule has 0 saturated carbocycles. The molecule has 0 aliphatic carbocycles. The van der Waals surface area contributed by atoms with E-state index in [1.165, 1.54) is 50.0 Å². The number of carbonyl (C=O) groups excluding carboxylic acids is 4. The number of carbonyl (C=O) groups is 4. The molecular weight excluding hydrogens is 829 g/mol. The maximum atomic E-state index is 11.3. The average molecular weight is 908 g/mol. The summed E-state index contributed by atoms with van der Waals surface area (Å²) >= 11 is 17.1. The van der Waals surface area contributed by atoms with Crippen molar-refractivity contribution in [3.63, 3.8) is 0 Å². The second-order valence-corrected chi connectivity index (χ2v) is 22.0. The monoisotopic (exact) mass is 906 g/mol. The summed E-state index contributed by atoms with van der Waals surface area (Å²) in [6.45, 7) is 9.09. The zero-order chi connectivity index (χ0) is 40.7. The summed E-state index contributed by atoms with van der Waals surface area (Å²) in [5, 5.41) is 8.43. The SMILES string of the molecule is CC(=O)CCCCC(S)CCS.CC(=O)CCCCC1CCSS1.CCCNC(=O)CCCCC(S)CCS.CCCNC(=O)CCCCC1CCSS1. The molecule has 2 saturated heterocycles. The van der Waals surface area contributed by atoms with E-state index in [2.05, 4.69) is 75.0 Å². The molecule has 54 heavy (non-hydrogen) atoms. The van der Waals surface area contributed by atoms with E-state index in [1.54, 1.807) is 13.8 Å². The van der Waals surface area contributed by atoms with Crippen LogP contribution in [-0.2, 0) is 19.2 Å². The summed E-state index contributed by atoms with van der Waals surface area (Å²) in [7, 11) is 8.06. The van der Waals surface area contributed by atoms with Gasteiger partial charge in [0.05, 0.1) is 0 Å². The molecule has 14 heteroatoms. The lowest BCUT2D eigenvalue weighted by Gasteiger charge is -2.08. The van der Waals surface area contributed by atoms with Crippen molar-refractivity contribution >= 4 is 117 Å². The van der Waals surface area contributed by atoms with E-state index in [0.29, 0.717) is 34.9 Å². The molecule has 6 nitrogen and oxygen atoms in total. The number of hydrogen-bond acceptors (Lipinski definition) is 12. The number of hydrogen-bond donors (Lipinski definition) is 6. The molecule has 2 aliphatic rings. The number of Topliss-reactive ketones (excluding diaryl/α,β-unsaturated/α-hetero) is 2. The van der Waals surface area contributed by atoms with Crippen LogP contribution in [0.3, 0.4) is 0 Å². The van der Waals surface area contributed by atoms with Gasteiger partial charge in [-0.1, -0.05) is 82.7 Å². The van der Waals surface area contributed by atoms with E-state index >= 15 is 0 Å². The molecule has 0 aromatic heterocycles. The van der Waals surface area contributed by atoms with Crippen molar-refractivity contribution in [1.29, 1.82) is 0 Å². The summed E-state index contributed by atoms with van der Waals surface area (Å²) in [6.07, 6.45) is 23.3. The number of rotatable bonds is 28. The molecule has 2 amide bonds. The molecule has 2 heterocycles. The number of ketones is 2. The Morgan fingerprint density at radius 1 is 0.574 bits per heavy atom. The third-order valence-corrected chi connectivity index (χ3v) is 16.1. The number of nitrogens with one attached hydrogen (secondary N) is 2. The van der Waals surface area contributed by atoms with Crippen LogP contribution in [0.15, 0.2) is 0 Å². The fourth-order valence-corrected chi connectivity index (χ4v) is 13.0. The molecule has 2 fully saturated rings. The highest BCUT2D eigenvalue weighted by Gasteiger charge is 2.16. The zero-order valence-corrected chi connectivity index (χ0v) is 41.0. The molecule has 0 spiro atoms. The molecule has 2 N–H and O–H groups in total. The van der Waals surface area contributed by atoms with Crippen LogP contribution in [0.2, 0.25) is 0 Å². The van der Waals surface area contributed by atoms with Crippen LogP contribution in [0, 0.1) is 0 Å². The Kier molecular flexibility index (Phi) is 46.2. The Labute approximate surface area is 370 Å². The standard InChI is InChI=1S/C11H21NOS2.C11H23NOS2.C9H16OS2.C9H18OS2/c1-2-8-12-11(13)6-4-3-5-10-7-9-14-15-10;1-2-8-12-11(13)6-4-3-5-10(15)7-9-14;1-8(10)4-2-3-5-9-6-7-11-12-9;1-8(10)4-2-3-5-9(12)6-7-11/h10H,2-9H2,1H3,(H,12,13);10,14-15H,2-9H2,1H3,(H,12,13);9H,2-7H2,1H3;9,11-12H,2-7H2,1H3. The van der Waals surface area contributed by atoms with Crippen molar-refractivity contribution in [2.45, 2.75) is 190 Å². The highest BCUT2D eigenvalue weighted by Crippen LogP contribution is 2.40. The lowest BCUT2D eigenvalue weighted by molar-refractivity contribution is -0.122. The maximum absolute atomic E-state index is 11.3. The van der Waals surface area contributed by atoms with Crippen molar-refractivity contribution < 1.29 is 19.2 Å². The predicted octanol–water partition coefficient (Wildman–Crippen LogP) is 12.0. The van der Waals surface area contributed by atoms with Crippen LogP contribution in [0.25, 0.3) is 0 Å². The average Bonchev–Trinajstić information content (AvgIpc) is 3.87. The first kappa shape index (κ1) is 57.2. The van der Waals surface area contributed by atoms with Gasteiger partial charge in [-0.15, -0.1) is 0 Å². The molecule has 0 aromatic carbocycles. The molecule has 0 bridgehead atoms. The minimum Gasteiger partial charge on any atom is -0.356 e. The lowest BCUT2D eigenvalue weighted by Crippen LogP contribution is -2.23. The van der Waals surface area contributed by atoms with Crippen LogP contribution >= 0.6 is 93.7 Å². The van der Waals surface area contributed by atoms with Gasteiger partial charge in [-0.05, 0) is 115 Å². The van der Waals surface area contributed by atoms with Gasteiger partial charge in [0.1, 0.15) is 11.6 Å². The van der Waals surface area contributed by atoms with Gasteiger partial charge in [-0.2, -0.15) is 50.5 Å². The minimum absolute atomic E-state index is 0.182. The summed E-state index contributed by atoms with van der Waals surface area (Å²) in [5.74, 6) is 5.47. The maximum Gasteiger partial charge on any atom is 0.219 e. The first-order chi connectivity index (χ1) is 26.0. The molecule has 2 rings (SSSR count). The quantitative estimate of drug-likeness (QED) is 0.0263. The summed E-state index contributed by atoms with van der Waals surface area (Å²) in [6, 6.07) is 0. The van der Waals surface area contributed by atoms with Crippen molar-refractivity contribution in [2.75, 3.05) is 36.1 Å². The minimum atomic E-state index is 0.182. The molecule has 0 aromatic rings. The summed E-state index contributed by atoms with van der Waals surface area (Å²) in [5.41, 5.74) is 0. The number of unbranched alkanes of at least 4 members (excludes halogenated alkanes) is 4. The Bertz CT molecular complexity index is 894. The van der Waals surface area contributed by atoms with Crippen molar-refractivity contribution in [1.82, 2.24) is 10.6 Å². The number of thiol groups is 4. The molecular formula is C40H78N2O4S8. The van der Waals surface area contributed by atoms with Gasteiger partial charge >= 0.3 is 0 Å². The van der Waals surface area contributed by atoms with E-state index in [-0.39, 0.29) is 11.8 Å². The van der Waals surface area contributed by atoms with Gasteiger partial charge in [-0.3, -0.25) is 9.59 Å². The third kappa shape index (κ3) is 44.2. The van der Waals surface area contributed by atoms with Crippen LogP contribution in [0.4, 0.5) is 0 Å². The molecule has 4 atom stereocenters. The van der Waals surface area contributed by atoms with Gasteiger partial charge < -0.3 is 20.2 Å². The topological polar surface area (TPSA) is 92.3 Å². The third-order valence-electron chi connectivity index (χ3n) is 8.52. The lowest BCUT2D eigenvalue weighted by atomic mass is 10.1. The summed E-state index contributed by atoms with van der Waals surface area (Å²) < 4.78 is 0.